The Hall–Kier alpha value is -4.91. The summed E-state index contributed by atoms with van der Waals surface area (Å²) in [5.41, 5.74) is 4.11. The lowest BCUT2D eigenvalue weighted by molar-refractivity contribution is -0.122. The number of aryl methyl sites for hydroxylation is 1. The number of aromatic nitrogens is 1. The Morgan fingerprint density at radius 1 is 0.977 bits per heavy atom. The van der Waals surface area contributed by atoms with E-state index in [-0.39, 0.29) is 35.4 Å². The van der Waals surface area contributed by atoms with Crippen LogP contribution in [0.25, 0.3) is 22.2 Å². The van der Waals surface area contributed by atoms with E-state index in [1.54, 1.807) is 54.6 Å². The van der Waals surface area contributed by atoms with Gasteiger partial charge in [0.05, 0.1) is 34.3 Å². The maximum atomic E-state index is 13.6. The number of nitrogens with zero attached hydrogens (tertiary/aromatic N) is 2. The van der Waals surface area contributed by atoms with E-state index in [0.29, 0.717) is 51.8 Å². The fraction of sp³-hybridized carbons (Fsp3) is 0.250. The van der Waals surface area contributed by atoms with Crippen LogP contribution in [0.3, 0.4) is 0 Å². The third-order valence-electron chi connectivity index (χ3n) is 8.45. The summed E-state index contributed by atoms with van der Waals surface area (Å²) in [5, 5.41) is 0.631. The summed E-state index contributed by atoms with van der Waals surface area (Å²) >= 11 is 0. The van der Waals surface area contributed by atoms with Crippen LogP contribution in [0.5, 0.6) is 0 Å². The molecule has 1 aromatic heterocycles. The fourth-order valence-corrected chi connectivity index (χ4v) is 6.14. The molecule has 4 aromatic rings. The Morgan fingerprint density at radius 2 is 1.72 bits per heavy atom. The summed E-state index contributed by atoms with van der Waals surface area (Å²) in [6.07, 6.45) is 3.97. The quantitative estimate of drug-likeness (QED) is 0.106. The molecular weight excluding hydrogens is 540 g/mol. The molecule has 4 unspecified atom stereocenters. The number of amides is 2. The molecular formula is C36H32N2O5. The van der Waals surface area contributed by atoms with E-state index in [1.807, 2.05) is 57.2 Å². The predicted molar refractivity (Wildman–Crippen MR) is 165 cm³/mol. The minimum atomic E-state index is -0.928. The van der Waals surface area contributed by atoms with Crippen molar-refractivity contribution in [2.75, 3.05) is 4.90 Å². The number of carbonyl (C=O) groups is 4. The van der Waals surface area contributed by atoms with Gasteiger partial charge in [-0.15, -0.1) is 0 Å². The standard InChI is InChI=1S/C36H32N2O5/c1-4-31(33(39)24-10-6-5-7-11-24)43-36(42)28-20-30(37-29-18-13-21(2)19-27(28)29)23-14-16-25(17-15-23)38-34(40)26-12-8-9-22(3)32(26)35(38)41/h5-11,13-20,22,26,31-32H,4,12H2,1-3H3. The fourth-order valence-electron chi connectivity index (χ4n) is 6.14. The van der Waals surface area contributed by atoms with Crippen LogP contribution < -0.4 is 4.90 Å². The summed E-state index contributed by atoms with van der Waals surface area (Å²) < 4.78 is 5.80. The smallest absolute Gasteiger partial charge is 0.339 e. The SMILES string of the molecule is CCC(OC(=O)c1cc(-c2ccc(N3C(=O)C4CC=CC(C)C4C3=O)cc2)nc2ccc(C)cc12)C(=O)c1ccccc1. The van der Waals surface area contributed by atoms with Crippen molar-refractivity contribution in [3.63, 3.8) is 0 Å². The highest BCUT2D eigenvalue weighted by molar-refractivity contribution is 6.22. The zero-order valence-electron chi connectivity index (χ0n) is 24.3. The van der Waals surface area contributed by atoms with Crippen molar-refractivity contribution in [2.45, 2.75) is 39.7 Å². The Morgan fingerprint density at radius 3 is 2.42 bits per heavy atom. The van der Waals surface area contributed by atoms with Crippen molar-refractivity contribution < 1.29 is 23.9 Å². The van der Waals surface area contributed by atoms with E-state index in [2.05, 4.69) is 0 Å². The summed E-state index contributed by atoms with van der Waals surface area (Å²) in [6, 6.07) is 23.2. The van der Waals surface area contributed by atoms with Gasteiger partial charge in [-0.05, 0) is 56.0 Å². The van der Waals surface area contributed by atoms with Crippen LogP contribution in [0, 0.1) is 24.7 Å². The highest BCUT2D eigenvalue weighted by Gasteiger charge is 2.50. The third kappa shape index (κ3) is 5.16. The van der Waals surface area contributed by atoms with E-state index in [1.165, 1.54) is 4.90 Å². The lowest BCUT2D eigenvalue weighted by Gasteiger charge is -2.22. The van der Waals surface area contributed by atoms with Crippen molar-refractivity contribution in [3.8, 4) is 11.3 Å². The van der Waals surface area contributed by atoms with Crippen molar-refractivity contribution in [2.24, 2.45) is 17.8 Å². The number of anilines is 1. The van der Waals surface area contributed by atoms with Crippen molar-refractivity contribution in [1.29, 1.82) is 0 Å². The molecule has 43 heavy (non-hydrogen) atoms. The molecule has 2 heterocycles. The molecule has 1 saturated heterocycles. The number of ether oxygens (including phenoxy) is 1. The molecule has 2 amide bonds. The van der Waals surface area contributed by atoms with Crippen LogP contribution in [0.1, 0.15) is 53.0 Å². The molecule has 4 atom stereocenters. The zero-order chi connectivity index (χ0) is 30.2. The maximum Gasteiger partial charge on any atom is 0.339 e. The Balaban J connectivity index is 1.32. The summed E-state index contributed by atoms with van der Waals surface area (Å²) in [4.78, 5) is 59.2. The Labute approximate surface area is 250 Å². The summed E-state index contributed by atoms with van der Waals surface area (Å²) in [7, 11) is 0. The monoisotopic (exact) mass is 572 g/mol. The van der Waals surface area contributed by atoms with E-state index in [9.17, 15) is 19.2 Å². The Bertz CT molecular complexity index is 1780. The first-order valence-corrected chi connectivity index (χ1v) is 14.6. The minimum Gasteiger partial charge on any atom is -0.450 e. The normalized spacial score (nSPS) is 20.3. The second-order valence-electron chi connectivity index (χ2n) is 11.3. The molecule has 7 nitrogen and oxygen atoms in total. The molecule has 0 radical (unpaired) electrons. The largest absolute Gasteiger partial charge is 0.450 e. The van der Waals surface area contributed by atoms with Gasteiger partial charge in [0.2, 0.25) is 17.6 Å². The van der Waals surface area contributed by atoms with Crippen molar-refractivity contribution in [3.05, 3.63) is 108 Å². The second-order valence-corrected chi connectivity index (χ2v) is 11.3. The molecule has 1 aliphatic heterocycles. The maximum absolute atomic E-state index is 13.6. The van der Waals surface area contributed by atoms with Crippen LogP contribution in [0.15, 0.2) is 91.0 Å². The van der Waals surface area contributed by atoms with Gasteiger partial charge in [-0.3, -0.25) is 19.3 Å². The van der Waals surface area contributed by atoms with Crippen molar-refractivity contribution in [1.82, 2.24) is 4.98 Å². The van der Waals surface area contributed by atoms with Gasteiger partial charge in [0.1, 0.15) is 0 Å². The first-order chi connectivity index (χ1) is 20.8. The second kappa shape index (κ2) is 11.4. The number of ketones is 1. The van der Waals surface area contributed by atoms with Gasteiger partial charge in [0.25, 0.3) is 0 Å². The number of pyridine rings is 1. The highest BCUT2D eigenvalue weighted by atomic mass is 16.5. The van der Waals surface area contributed by atoms with E-state index in [0.717, 1.165) is 5.56 Å². The number of hydrogen-bond acceptors (Lipinski definition) is 6. The van der Waals surface area contributed by atoms with Crippen molar-refractivity contribution >= 4 is 40.2 Å². The van der Waals surface area contributed by atoms with Crippen LogP contribution >= 0.6 is 0 Å². The molecule has 216 valence electrons. The van der Waals surface area contributed by atoms with Gasteiger partial charge < -0.3 is 4.74 Å². The van der Waals surface area contributed by atoms with E-state index in [4.69, 9.17) is 9.72 Å². The summed E-state index contributed by atoms with van der Waals surface area (Å²) in [6.45, 7) is 5.71. The topological polar surface area (TPSA) is 93.6 Å². The molecule has 0 N–H and O–H groups in total. The molecule has 0 bridgehead atoms. The number of fused-ring (bicyclic) bond motifs is 2. The molecule has 1 fully saturated rings. The highest BCUT2D eigenvalue weighted by Crippen LogP contribution is 2.40. The van der Waals surface area contributed by atoms with Gasteiger partial charge in [0.15, 0.2) is 6.10 Å². The van der Waals surface area contributed by atoms with E-state index >= 15 is 0 Å². The van der Waals surface area contributed by atoms with Crippen LogP contribution in [-0.2, 0) is 14.3 Å². The lowest BCUT2D eigenvalue weighted by Crippen LogP contribution is -2.31. The molecule has 3 aromatic carbocycles. The number of rotatable bonds is 7. The zero-order valence-corrected chi connectivity index (χ0v) is 24.3. The molecule has 2 aliphatic rings. The lowest BCUT2D eigenvalue weighted by atomic mass is 9.78. The minimum absolute atomic E-state index is 0.0124. The summed E-state index contributed by atoms with van der Waals surface area (Å²) in [5.74, 6) is -1.84. The predicted octanol–water partition coefficient (Wildman–Crippen LogP) is 6.73. The van der Waals surface area contributed by atoms with Gasteiger partial charge in [-0.2, -0.15) is 0 Å². The van der Waals surface area contributed by atoms with Gasteiger partial charge in [-0.25, -0.2) is 9.78 Å². The first-order valence-electron chi connectivity index (χ1n) is 14.6. The molecule has 0 saturated carbocycles. The number of carbonyl (C=O) groups excluding carboxylic acids is 4. The van der Waals surface area contributed by atoms with Gasteiger partial charge in [-0.1, -0.05) is 80.1 Å². The Kier molecular flexibility index (Phi) is 7.48. The van der Waals surface area contributed by atoms with E-state index < -0.39 is 12.1 Å². The number of imide groups is 1. The van der Waals surface area contributed by atoms with Gasteiger partial charge >= 0.3 is 5.97 Å². The molecule has 0 spiro atoms. The molecule has 1 aliphatic carbocycles. The number of hydrogen-bond donors (Lipinski definition) is 0. The average molecular weight is 573 g/mol. The van der Waals surface area contributed by atoms with Crippen LogP contribution in [0.4, 0.5) is 5.69 Å². The number of esters is 1. The molecule has 6 rings (SSSR count). The third-order valence-corrected chi connectivity index (χ3v) is 8.45. The number of benzene rings is 3. The number of Topliss-reactive ketones (excluding diaryl/α,β-unsaturated/α-hetero) is 1. The van der Waals surface area contributed by atoms with Crippen LogP contribution in [0.2, 0.25) is 0 Å². The van der Waals surface area contributed by atoms with Gasteiger partial charge in [0, 0.05) is 16.5 Å². The first kappa shape index (κ1) is 28.2. The number of allylic oxidation sites excluding steroid dienone is 2. The molecule has 7 heteroatoms. The average Bonchev–Trinajstić information content (AvgIpc) is 3.29. The van der Waals surface area contributed by atoms with Crippen LogP contribution in [-0.4, -0.2) is 34.7 Å².